The molecule has 0 aliphatic carbocycles. The summed E-state index contributed by atoms with van der Waals surface area (Å²) in [4.78, 5) is 33.5. The minimum Gasteiger partial charge on any atom is -0.349 e. The number of rotatable bonds is 4. The van der Waals surface area contributed by atoms with Crippen molar-refractivity contribution < 1.29 is 9.59 Å². The van der Waals surface area contributed by atoms with Gasteiger partial charge in [-0.1, -0.05) is 26.0 Å². The molecular formula is C20H23N3O2. The molecule has 3 rings (SSSR count). The molecule has 0 bridgehead atoms. The summed E-state index contributed by atoms with van der Waals surface area (Å²) in [6, 6.07) is 5.62. The lowest BCUT2D eigenvalue weighted by Gasteiger charge is -2.12. The summed E-state index contributed by atoms with van der Waals surface area (Å²) in [5.41, 5.74) is 2.28. The first-order valence-corrected chi connectivity index (χ1v) is 8.40. The maximum absolute atomic E-state index is 12.5. The van der Waals surface area contributed by atoms with Crippen LogP contribution in [0.15, 0.2) is 35.5 Å². The van der Waals surface area contributed by atoms with Gasteiger partial charge < -0.3 is 9.88 Å². The van der Waals surface area contributed by atoms with Crippen LogP contribution >= 0.6 is 0 Å². The van der Waals surface area contributed by atoms with Crippen molar-refractivity contribution in [2.75, 3.05) is 14.1 Å². The largest absolute Gasteiger partial charge is 0.349 e. The molecule has 0 atom stereocenters. The van der Waals surface area contributed by atoms with Crippen LogP contribution < -0.4 is 10.7 Å². The van der Waals surface area contributed by atoms with E-state index in [1.807, 2.05) is 24.4 Å². The van der Waals surface area contributed by atoms with Crippen molar-refractivity contribution in [1.82, 2.24) is 9.88 Å². The minimum atomic E-state index is -0.109. The van der Waals surface area contributed by atoms with Crippen molar-refractivity contribution >= 4 is 28.7 Å². The van der Waals surface area contributed by atoms with Crippen LogP contribution in [0.25, 0.3) is 17.0 Å². The van der Waals surface area contributed by atoms with Crippen molar-refractivity contribution in [2.24, 2.45) is 10.4 Å². The second-order valence-electron chi connectivity index (χ2n) is 7.27. The number of Topliss-reactive ketones (excluding diaryl/α,β-unsaturated/α-hetero) is 1. The topological polar surface area (TPSA) is 65.5 Å². The first kappa shape index (κ1) is 17.1. The van der Waals surface area contributed by atoms with Crippen molar-refractivity contribution in [2.45, 2.75) is 26.7 Å². The monoisotopic (exact) mass is 337 g/mol. The minimum absolute atomic E-state index is 0.0185. The van der Waals surface area contributed by atoms with E-state index in [1.54, 1.807) is 14.1 Å². The number of nitrogens with one attached hydrogen (secondary N) is 1. The van der Waals surface area contributed by atoms with Crippen LogP contribution in [0.5, 0.6) is 0 Å². The Balaban J connectivity index is 1.99. The van der Waals surface area contributed by atoms with Gasteiger partial charge in [-0.2, -0.15) is 0 Å². The lowest BCUT2D eigenvalue weighted by molar-refractivity contribution is -0.128. The Morgan fingerprint density at radius 3 is 2.68 bits per heavy atom. The number of ketones is 1. The molecule has 25 heavy (non-hydrogen) atoms. The molecule has 1 aromatic carbocycles. The number of hydrogen-bond acceptors (Lipinski definition) is 3. The summed E-state index contributed by atoms with van der Waals surface area (Å²) in [5, 5.41) is 2.00. The molecule has 1 aromatic heterocycles. The predicted molar refractivity (Wildman–Crippen MR) is 98.7 cm³/mol. The van der Waals surface area contributed by atoms with E-state index in [0.29, 0.717) is 5.56 Å². The molecule has 2 heterocycles. The maximum atomic E-state index is 12.5. The standard InChI is InChI=1S/C20H23N3O2/c1-20(2)9-10-21-19-15(12-20)14-11-13(5-6-16(14)22-19)17(24)7-8-18(25)23(3)4/h5-6,9-12H,7-8H2,1-4H3,(H,21,22). The van der Waals surface area contributed by atoms with Crippen LogP contribution in [0.3, 0.4) is 0 Å². The lowest BCUT2D eigenvalue weighted by Crippen LogP contribution is -2.24. The van der Waals surface area contributed by atoms with Gasteiger partial charge in [-0.3, -0.25) is 9.59 Å². The zero-order chi connectivity index (χ0) is 18.2. The molecule has 130 valence electrons. The van der Waals surface area contributed by atoms with Gasteiger partial charge in [0.2, 0.25) is 5.91 Å². The summed E-state index contributed by atoms with van der Waals surface area (Å²) in [6.45, 7) is 4.24. The summed E-state index contributed by atoms with van der Waals surface area (Å²) < 4.78 is 0. The number of nitrogens with zero attached hydrogens (tertiary/aromatic N) is 2. The van der Waals surface area contributed by atoms with Gasteiger partial charge >= 0.3 is 0 Å². The van der Waals surface area contributed by atoms with E-state index in [-0.39, 0.29) is 29.9 Å². The van der Waals surface area contributed by atoms with Crippen LogP contribution in [-0.4, -0.2) is 35.7 Å². The van der Waals surface area contributed by atoms with Gasteiger partial charge in [0.15, 0.2) is 5.78 Å². The number of carbonyl (C=O) groups excluding carboxylic acids is 2. The highest BCUT2D eigenvalue weighted by Crippen LogP contribution is 2.21. The van der Waals surface area contributed by atoms with Gasteiger partial charge in [-0.15, -0.1) is 0 Å². The van der Waals surface area contributed by atoms with Crippen molar-refractivity contribution in [3.63, 3.8) is 0 Å². The quantitative estimate of drug-likeness (QED) is 0.869. The van der Waals surface area contributed by atoms with Crippen LogP contribution in [0.1, 0.15) is 37.0 Å². The Hall–Kier alpha value is -2.69. The number of H-pyrrole nitrogens is 1. The molecule has 5 heteroatoms. The van der Waals surface area contributed by atoms with E-state index in [2.05, 4.69) is 36.0 Å². The Bertz CT molecular complexity index is 994. The third-order valence-corrected chi connectivity index (χ3v) is 4.43. The Labute approximate surface area is 146 Å². The second kappa shape index (κ2) is 6.31. The highest BCUT2D eigenvalue weighted by atomic mass is 16.2. The number of benzene rings is 1. The molecule has 0 saturated heterocycles. The number of amides is 1. The fourth-order valence-electron chi connectivity index (χ4n) is 2.93. The maximum Gasteiger partial charge on any atom is 0.222 e. The summed E-state index contributed by atoms with van der Waals surface area (Å²) in [7, 11) is 3.39. The first-order chi connectivity index (χ1) is 11.8. The summed E-state index contributed by atoms with van der Waals surface area (Å²) in [6.07, 6.45) is 6.48. The van der Waals surface area contributed by atoms with E-state index < -0.39 is 0 Å². The molecule has 0 unspecified atom stereocenters. The van der Waals surface area contributed by atoms with E-state index in [4.69, 9.17) is 0 Å². The zero-order valence-corrected chi connectivity index (χ0v) is 15.1. The smallest absolute Gasteiger partial charge is 0.222 e. The number of aromatic nitrogens is 1. The van der Waals surface area contributed by atoms with Crippen molar-refractivity contribution in [3.8, 4) is 0 Å². The van der Waals surface area contributed by atoms with E-state index in [1.165, 1.54) is 4.90 Å². The molecule has 1 N–H and O–H groups in total. The lowest BCUT2D eigenvalue weighted by atomic mass is 9.92. The molecule has 5 nitrogen and oxygen atoms in total. The van der Waals surface area contributed by atoms with E-state index >= 15 is 0 Å². The fraction of sp³-hybridized carbons (Fsp3) is 0.350. The molecule has 1 aliphatic heterocycles. The molecule has 2 aromatic rings. The molecule has 0 radical (unpaired) electrons. The SMILES string of the molecule is CN(C)C(=O)CCC(=O)c1ccc2[nH]c3c(c2c1)=CC(C)(C)C=CN=3. The molecule has 0 spiro atoms. The van der Waals surface area contributed by atoms with Crippen LogP contribution in [-0.2, 0) is 4.79 Å². The number of fused-ring (bicyclic) bond motifs is 3. The fourth-order valence-corrected chi connectivity index (χ4v) is 2.93. The van der Waals surface area contributed by atoms with Gasteiger partial charge in [0, 0.05) is 60.2 Å². The third kappa shape index (κ3) is 3.55. The first-order valence-electron chi connectivity index (χ1n) is 8.40. The Morgan fingerprint density at radius 1 is 1.20 bits per heavy atom. The highest BCUT2D eigenvalue weighted by molar-refractivity contribution is 6.01. The second-order valence-corrected chi connectivity index (χ2v) is 7.27. The van der Waals surface area contributed by atoms with Gasteiger partial charge in [0.1, 0.15) is 5.49 Å². The molecule has 1 amide bonds. The summed E-state index contributed by atoms with van der Waals surface area (Å²) in [5.74, 6) is -0.0557. The molecule has 0 saturated carbocycles. The number of allylic oxidation sites excluding steroid dienone is 1. The Morgan fingerprint density at radius 2 is 1.96 bits per heavy atom. The average molecular weight is 337 g/mol. The van der Waals surface area contributed by atoms with Crippen molar-refractivity contribution in [3.05, 3.63) is 46.7 Å². The molecular weight excluding hydrogens is 314 g/mol. The summed E-state index contributed by atoms with van der Waals surface area (Å²) >= 11 is 0. The van der Waals surface area contributed by atoms with E-state index in [0.717, 1.165) is 21.6 Å². The third-order valence-electron chi connectivity index (χ3n) is 4.43. The highest BCUT2D eigenvalue weighted by Gasteiger charge is 2.15. The number of hydrogen-bond donors (Lipinski definition) is 1. The number of carbonyl (C=O) groups is 2. The van der Waals surface area contributed by atoms with Crippen LogP contribution in [0.4, 0.5) is 0 Å². The zero-order valence-electron chi connectivity index (χ0n) is 15.1. The van der Waals surface area contributed by atoms with E-state index in [9.17, 15) is 9.59 Å². The van der Waals surface area contributed by atoms with Gasteiger partial charge in [0.25, 0.3) is 0 Å². The molecule has 0 fully saturated rings. The number of aromatic amines is 1. The normalized spacial score (nSPS) is 15.0. The predicted octanol–water partition coefficient (Wildman–Crippen LogP) is 2.17. The molecule has 1 aliphatic rings. The van der Waals surface area contributed by atoms with Gasteiger partial charge in [0.05, 0.1) is 0 Å². The van der Waals surface area contributed by atoms with Gasteiger partial charge in [-0.25, -0.2) is 4.99 Å². The van der Waals surface area contributed by atoms with Gasteiger partial charge in [-0.05, 0) is 18.2 Å². The van der Waals surface area contributed by atoms with Crippen LogP contribution in [0.2, 0.25) is 0 Å². The van der Waals surface area contributed by atoms with Crippen LogP contribution in [0, 0.1) is 5.41 Å². The Kier molecular flexibility index (Phi) is 4.33. The van der Waals surface area contributed by atoms with Crippen molar-refractivity contribution in [1.29, 1.82) is 0 Å². The average Bonchev–Trinajstić information content (AvgIpc) is 2.79.